The van der Waals surface area contributed by atoms with Gasteiger partial charge in [-0.3, -0.25) is 0 Å². The first-order chi connectivity index (χ1) is 21.8. The molecule has 44 heavy (non-hydrogen) atoms. The first-order valence-electron chi connectivity index (χ1n) is 15.4. The van der Waals surface area contributed by atoms with Crippen LogP contribution in [0.3, 0.4) is 0 Å². The van der Waals surface area contributed by atoms with Gasteiger partial charge >= 0.3 is 0 Å². The molecule has 0 fully saturated rings. The summed E-state index contributed by atoms with van der Waals surface area (Å²) in [6.45, 7) is 0. The van der Waals surface area contributed by atoms with Gasteiger partial charge in [-0.05, 0) is 88.9 Å². The molecule has 6 aromatic carbocycles. The summed E-state index contributed by atoms with van der Waals surface area (Å²) in [5.74, 6) is 0.357. The summed E-state index contributed by atoms with van der Waals surface area (Å²) in [4.78, 5) is 2.43. The molecule has 2 heteroatoms. The first-order valence-corrected chi connectivity index (χ1v) is 15.4. The molecule has 1 aromatic heterocycles. The largest absolute Gasteiger partial charge is 0.313 e. The van der Waals surface area contributed by atoms with Gasteiger partial charge in [0, 0.05) is 39.4 Å². The Morgan fingerprint density at radius 3 is 1.93 bits per heavy atom. The van der Waals surface area contributed by atoms with Crippen LogP contribution in [0.4, 0.5) is 11.4 Å². The van der Waals surface area contributed by atoms with E-state index in [9.17, 15) is 0 Å². The summed E-state index contributed by atoms with van der Waals surface area (Å²) in [6, 6.07) is 55.0. The average Bonchev–Trinajstić information content (AvgIpc) is 3.61. The van der Waals surface area contributed by atoms with Crippen LogP contribution >= 0.6 is 0 Å². The number of anilines is 2. The Labute approximate surface area is 257 Å². The third-order valence-corrected chi connectivity index (χ3v) is 9.34. The summed E-state index contributed by atoms with van der Waals surface area (Å²) in [5, 5.41) is 2.56. The van der Waals surface area contributed by atoms with Gasteiger partial charge in [0.05, 0.1) is 11.0 Å². The number of hydrogen-bond donors (Lipinski definition) is 0. The highest BCUT2D eigenvalue weighted by atomic mass is 15.2. The van der Waals surface area contributed by atoms with Crippen molar-refractivity contribution in [2.24, 2.45) is 0 Å². The molecule has 0 amide bonds. The predicted octanol–water partition coefficient (Wildman–Crippen LogP) is 11.1. The van der Waals surface area contributed by atoms with Crippen molar-refractivity contribution in [3.63, 3.8) is 0 Å². The zero-order valence-corrected chi connectivity index (χ0v) is 24.3. The van der Waals surface area contributed by atoms with Crippen LogP contribution in [0.5, 0.6) is 0 Å². The maximum absolute atomic E-state index is 2.43. The van der Waals surface area contributed by atoms with E-state index in [2.05, 4.69) is 173 Å². The highest BCUT2D eigenvalue weighted by Crippen LogP contribution is 2.52. The van der Waals surface area contributed by atoms with Crippen molar-refractivity contribution in [3.8, 4) is 16.8 Å². The lowest BCUT2D eigenvalue weighted by Crippen LogP contribution is -2.15. The molecule has 1 unspecified atom stereocenters. The number of benzene rings is 6. The molecule has 0 saturated carbocycles. The van der Waals surface area contributed by atoms with Crippen molar-refractivity contribution in [1.29, 1.82) is 0 Å². The second kappa shape index (κ2) is 10.00. The average molecular weight is 563 g/mol. The molecule has 2 aliphatic rings. The van der Waals surface area contributed by atoms with Gasteiger partial charge in [-0.2, -0.15) is 0 Å². The van der Waals surface area contributed by atoms with E-state index >= 15 is 0 Å². The fraction of sp³-hybridized carbons (Fsp3) is 0.0476. The highest BCUT2D eigenvalue weighted by Gasteiger charge is 2.36. The van der Waals surface area contributed by atoms with Crippen molar-refractivity contribution >= 4 is 38.8 Å². The van der Waals surface area contributed by atoms with E-state index < -0.39 is 0 Å². The van der Waals surface area contributed by atoms with Crippen molar-refractivity contribution < 1.29 is 0 Å². The Kier molecular flexibility index (Phi) is 5.67. The van der Waals surface area contributed by atoms with Gasteiger partial charge in [0.2, 0.25) is 0 Å². The molecule has 2 heterocycles. The van der Waals surface area contributed by atoms with Crippen LogP contribution in [0, 0.1) is 0 Å². The van der Waals surface area contributed by atoms with Crippen LogP contribution in [-0.4, -0.2) is 4.57 Å². The molecule has 9 rings (SSSR count). The maximum atomic E-state index is 2.43. The summed E-state index contributed by atoms with van der Waals surface area (Å²) >= 11 is 0. The van der Waals surface area contributed by atoms with Crippen LogP contribution < -0.4 is 4.90 Å². The monoisotopic (exact) mass is 562 g/mol. The number of fused-ring (bicyclic) bond motifs is 6. The van der Waals surface area contributed by atoms with E-state index in [1.54, 1.807) is 0 Å². The molecule has 0 radical (unpaired) electrons. The number of hydrogen-bond acceptors (Lipinski definition) is 1. The molecular formula is C42H30N2. The molecule has 208 valence electrons. The Hall–Kier alpha value is -5.60. The van der Waals surface area contributed by atoms with Crippen molar-refractivity contribution in [3.05, 3.63) is 181 Å². The first kappa shape index (κ1) is 24.9. The number of para-hydroxylation sites is 4. The highest BCUT2D eigenvalue weighted by molar-refractivity contribution is 6.10. The number of nitrogens with zero attached hydrogens (tertiary/aromatic N) is 2. The summed E-state index contributed by atoms with van der Waals surface area (Å²) in [6.07, 6.45) is 5.66. The minimum atomic E-state index is 0.357. The van der Waals surface area contributed by atoms with Crippen LogP contribution in [0.25, 0.3) is 44.2 Å². The predicted molar refractivity (Wildman–Crippen MR) is 185 cm³/mol. The van der Waals surface area contributed by atoms with Crippen molar-refractivity contribution in [1.82, 2.24) is 4.57 Å². The molecule has 0 bridgehead atoms. The Balaban J connectivity index is 1.07. The van der Waals surface area contributed by atoms with E-state index in [1.807, 2.05) is 0 Å². The van der Waals surface area contributed by atoms with Crippen molar-refractivity contribution in [2.75, 3.05) is 4.90 Å². The molecule has 2 nitrogen and oxygen atoms in total. The van der Waals surface area contributed by atoms with E-state index in [4.69, 9.17) is 0 Å². The Morgan fingerprint density at radius 1 is 0.477 bits per heavy atom. The van der Waals surface area contributed by atoms with Gasteiger partial charge in [0.25, 0.3) is 0 Å². The van der Waals surface area contributed by atoms with E-state index in [0.29, 0.717) is 5.92 Å². The van der Waals surface area contributed by atoms with Gasteiger partial charge < -0.3 is 9.47 Å². The molecular weight excluding hydrogens is 532 g/mol. The lowest BCUT2D eigenvalue weighted by atomic mass is 9.84. The standard InChI is InChI=1S/C42H30N2/c1-3-11-33(12-4-1)43-39-17-9-7-15-35(39)37-27-31(23-25-41(37)43)29-19-21-30(22-20-29)32-24-26-42-38(28-32)36-16-8-10-18-40(36)44(42)34-13-5-2-6-14-34/h1-27,38H,28H2. The molecule has 0 saturated heterocycles. The number of aromatic nitrogens is 1. The summed E-state index contributed by atoms with van der Waals surface area (Å²) in [5.41, 5.74) is 14.1. The topological polar surface area (TPSA) is 8.17 Å². The minimum Gasteiger partial charge on any atom is -0.313 e. The van der Waals surface area contributed by atoms with Gasteiger partial charge in [0.1, 0.15) is 0 Å². The second-order valence-corrected chi connectivity index (χ2v) is 11.8. The smallest absolute Gasteiger partial charge is 0.0541 e. The second-order valence-electron chi connectivity index (χ2n) is 11.8. The molecule has 1 aliphatic heterocycles. The molecule has 1 aliphatic carbocycles. The van der Waals surface area contributed by atoms with Gasteiger partial charge in [-0.1, -0.05) is 109 Å². The van der Waals surface area contributed by atoms with Crippen LogP contribution in [0.1, 0.15) is 23.5 Å². The lowest BCUT2D eigenvalue weighted by molar-refractivity contribution is 0.832. The van der Waals surface area contributed by atoms with Gasteiger partial charge in [-0.25, -0.2) is 0 Å². The van der Waals surface area contributed by atoms with Crippen LogP contribution in [0.15, 0.2) is 170 Å². The third kappa shape index (κ3) is 3.88. The van der Waals surface area contributed by atoms with E-state index in [-0.39, 0.29) is 0 Å². The SMILES string of the molecule is C1=C(c2ccc(-c3ccc4c(c3)c3ccccc3n4-c3ccccc3)cc2)CC2C(=C1)N(c1ccccc1)c1ccccc12. The lowest BCUT2D eigenvalue weighted by Gasteiger charge is -2.26. The van der Waals surface area contributed by atoms with Crippen LogP contribution in [-0.2, 0) is 0 Å². The fourth-order valence-corrected chi connectivity index (χ4v) is 7.28. The zero-order valence-electron chi connectivity index (χ0n) is 24.3. The Morgan fingerprint density at radius 2 is 1.11 bits per heavy atom. The Bertz CT molecular complexity index is 2240. The van der Waals surface area contributed by atoms with E-state index in [0.717, 1.165) is 6.42 Å². The molecule has 7 aromatic rings. The fourth-order valence-electron chi connectivity index (χ4n) is 7.28. The summed E-state index contributed by atoms with van der Waals surface area (Å²) in [7, 11) is 0. The molecule has 0 spiro atoms. The maximum Gasteiger partial charge on any atom is 0.0541 e. The zero-order chi connectivity index (χ0) is 29.0. The third-order valence-electron chi connectivity index (χ3n) is 9.34. The van der Waals surface area contributed by atoms with Gasteiger partial charge in [-0.15, -0.1) is 0 Å². The van der Waals surface area contributed by atoms with Crippen molar-refractivity contribution in [2.45, 2.75) is 12.3 Å². The van der Waals surface area contributed by atoms with Gasteiger partial charge in [0.15, 0.2) is 0 Å². The minimum absolute atomic E-state index is 0.357. The normalized spacial score (nSPS) is 15.6. The number of allylic oxidation sites excluding steroid dienone is 4. The molecule has 1 atom stereocenters. The summed E-state index contributed by atoms with van der Waals surface area (Å²) < 4.78 is 2.37. The molecule has 0 N–H and O–H groups in total. The van der Waals surface area contributed by atoms with Crippen LogP contribution in [0.2, 0.25) is 0 Å². The van der Waals surface area contributed by atoms with E-state index in [1.165, 1.54) is 72.4 Å². The number of rotatable bonds is 4. The quantitative estimate of drug-likeness (QED) is 0.207.